The maximum Gasteiger partial charge on any atom is 0.371 e. The summed E-state index contributed by atoms with van der Waals surface area (Å²) < 4.78 is 7.08. The second-order valence-corrected chi connectivity index (χ2v) is 4.49. The van der Waals surface area contributed by atoms with Crippen molar-refractivity contribution in [1.82, 2.24) is 4.57 Å². The number of aromatic carboxylic acids is 1. The van der Waals surface area contributed by atoms with Gasteiger partial charge in [-0.1, -0.05) is 6.07 Å². The van der Waals surface area contributed by atoms with Gasteiger partial charge in [-0.2, -0.15) is 0 Å². The number of aromatic nitrogens is 1. The first-order valence-electron chi connectivity index (χ1n) is 6.04. The van der Waals surface area contributed by atoms with E-state index in [-0.39, 0.29) is 11.2 Å². The molecule has 3 rings (SSSR count). The largest absolute Gasteiger partial charge is 0.475 e. The van der Waals surface area contributed by atoms with Gasteiger partial charge in [0.25, 0.3) is 0 Å². The topological polar surface area (TPSA) is 72.4 Å². The molecule has 0 atom stereocenters. The Kier molecular flexibility index (Phi) is 2.87. The maximum atomic E-state index is 11.0. The molecule has 0 aliphatic rings. The van der Waals surface area contributed by atoms with Crippen LogP contribution in [0.1, 0.15) is 16.1 Å². The van der Waals surface area contributed by atoms with Crippen molar-refractivity contribution < 1.29 is 14.3 Å². The highest BCUT2D eigenvalue weighted by Crippen LogP contribution is 2.21. The van der Waals surface area contributed by atoms with E-state index in [1.807, 2.05) is 16.7 Å². The van der Waals surface area contributed by atoms with Crippen LogP contribution in [0, 0.1) is 0 Å². The lowest BCUT2D eigenvalue weighted by atomic mass is 10.1. The summed E-state index contributed by atoms with van der Waals surface area (Å²) >= 11 is 0. The van der Waals surface area contributed by atoms with Crippen LogP contribution in [0.25, 0.3) is 11.0 Å². The van der Waals surface area contributed by atoms with Crippen LogP contribution in [0.2, 0.25) is 0 Å². The fraction of sp³-hybridized carbons (Fsp3) is 0.0667. The molecule has 0 aliphatic carbocycles. The molecule has 100 valence electrons. The molecule has 1 N–H and O–H groups in total. The Morgan fingerprint density at radius 1 is 1.15 bits per heavy atom. The third kappa shape index (κ3) is 2.33. The molecular formula is C15H11NO4. The molecule has 0 radical (unpaired) electrons. The molecule has 20 heavy (non-hydrogen) atoms. The molecule has 2 aromatic heterocycles. The molecule has 0 fully saturated rings. The van der Waals surface area contributed by atoms with E-state index in [1.54, 1.807) is 18.5 Å². The highest BCUT2D eigenvalue weighted by molar-refractivity contribution is 5.91. The first-order valence-corrected chi connectivity index (χ1v) is 6.04. The lowest BCUT2D eigenvalue weighted by Crippen LogP contribution is -2.04. The fourth-order valence-electron chi connectivity index (χ4n) is 2.06. The van der Waals surface area contributed by atoms with Crippen LogP contribution in [0.15, 0.2) is 58.0 Å². The zero-order valence-electron chi connectivity index (χ0n) is 10.4. The number of fused-ring (bicyclic) bond motifs is 1. The van der Waals surface area contributed by atoms with Crippen molar-refractivity contribution >= 4 is 16.9 Å². The Balaban J connectivity index is 1.94. The summed E-state index contributed by atoms with van der Waals surface area (Å²) in [6.45, 7) is 0.601. The number of nitrogens with zero attached hydrogens (tertiary/aromatic N) is 1. The summed E-state index contributed by atoms with van der Waals surface area (Å²) in [7, 11) is 0. The van der Waals surface area contributed by atoms with Gasteiger partial charge in [-0.25, -0.2) is 4.79 Å². The van der Waals surface area contributed by atoms with Crippen molar-refractivity contribution in [3.8, 4) is 0 Å². The molecule has 0 spiro atoms. The van der Waals surface area contributed by atoms with Crippen molar-refractivity contribution in [2.75, 3.05) is 0 Å². The zero-order valence-corrected chi connectivity index (χ0v) is 10.4. The van der Waals surface area contributed by atoms with Crippen molar-refractivity contribution in [1.29, 1.82) is 0 Å². The summed E-state index contributed by atoms with van der Waals surface area (Å²) in [6, 6.07) is 10.0. The molecule has 2 heterocycles. The van der Waals surface area contributed by atoms with Gasteiger partial charge in [0.15, 0.2) is 5.43 Å². The quantitative estimate of drug-likeness (QED) is 0.792. The Morgan fingerprint density at radius 2 is 1.90 bits per heavy atom. The molecule has 5 nitrogen and oxygen atoms in total. The average Bonchev–Trinajstić information content (AvgIpc) is 2.85. The van der Waals surface area contributed by atoms with Crippen LogP contribution in [0.3, 0.4) is 0 Å². The van der Waals surface area contributed by atoms with Crippen LogP contribution >= 0.6 is 0 Å². The Morgan fingerprint density at radius 3 is 2.60 bits per heavy atom. The summed E-state index contributed by atoms with van der Waals surface area (Å²) in [5.41, 5.74) is 1.52. The van der Waals surface area contributed by atoms with E-state index in [4.69, 9.17) is 9.52 Å². The van der Waals surface area contributed by atoms with Crippen LogP contribution in [-0.4, -0.2) is 15.6 Å². The monoisotopic (exact) mass is 269 g/mol. The lowest BCUT2D eigenvalue weighted by molar-refractivity contribution is 0.0665. The number of pyridine rings is 1. The molecular weight excluding hydrogens is 258 g/mol. The highest BCUT2D eigenvalue weighted by atomic mass is 16.4. The normalized spacial score (nSPS) is 10.8. The highest BCUT2D eigenvalue weighted by Gasteiger charge is 2.10. The van der Waals surface area contributed by atoms with E-state index >= 15 is 0 Å². The molecule has 0 bridgehead atoms. The van der Waals surface area contributed by atoms with E-state index in [1.165, 1.54) is 18.2 Å². The first kappa shape index (κ1) is 12.2. The number of hydrogen-bond donors (Lipinski definition) is 1. The molecule has 1 aromatic carbocycles. The van der Waals surface area contributed by atoms with E-state index < -0.39 is 5.97 Å². The standard InChI is InChI=1S/C15H11NO4/c17-12-3-5-16(6-4-12)9-10-1-2-13-11(7-10)8-14(20-13)15(18)19/h1-8H,9H2,(H,18,19). The minimum atomic E-state index is -1.08. The second kappa shape index (κ2) is 4.70. The molecule has 0 unspecified atom stereocenters. The van der Waals surface area contributed by atoms with Gasteiger partial charge in [-0.15, -0.1) is 0 Å². The minimum absolute atomic E-state index is 0.0300. The van der Waals surface area contributed by atoms with Gasteiger partial charge >= 0.3 is 5.97 Å². The molecule has 0 saturated carbocycles. The number of furan rings is 1. The summed E-state index contributed by atoms with van der Waals surface area (Å²) in [5.74, 6) is -1.15. The Bertz CT molecular complexity index is 824. The lowest BCUT2D eigenvalue weighted by Gasteiger charge is -2.05. The second-order valence-electron chi connectivity index (χ2n) is 4.49. The van der Waals surface area contributed by atoms with Gasteiger partial charge in [-0.05, 0) is 23.8 Å². The molecule has 3 aromatic rings. The molecule has 0 aliphatic heterocycles. The number of hydrogen-bond acceptors (Lipinski definition) is 3. The smallest absolute Gasteiger partial charge is 0.371 e. The van der Waals surface area contributed by atoms with Crippen molar-refractivity contribution in [2.24, 2.45) is 0 Å². The predicted octanol–water partition coefficient (Wildman–Crippen LogP) is 2.34. The number of benzene rings is 1. The van der Waals surface area contributed by atoms with Crippen LogP contribution in [0.5, 0.6) is 0 Å². The average molecular weight is 269 g/mol. The van der Waals surface area contributed by atoms with Crippen LogP contribution in [-0.2, 0) is 6.54 Å². The summed E-state index contributed by atoms with van der Waals surface area (Å²) in [6.07, 6.45) is 3.43. The van der Waals surface area contributed by atoms with Gasteiger partial charge in [-0.3, -0.25) is 4.79 Å². The van der Waals surface area contributed by atoms with Crippen molar-refractivity contribution in [3.05, 3.63) is 70.3 Å². The van der Waals surface area contributed by atoms with Crippen molar-refractivity contribution in [2.45, 2.75) is 6.54 Å². The van der Waals surface area contributed by atoms with E-state index in [0.717, 1.165) is 10.9 Å². The number of carbonyl (C=O) groups is 1. The molecule has 0 amide bonds. The SMILES string of the molecule is O=C(O)c1cc2cc(Cn3ccc(=O)cc3)ccc2o1. The Labute approximate surface area is 113 Å². The predicted molar refractivity (Wildman–Crippen MR) is 73.0 cm³/mol. The van der Waals surface area contributed by atoms with E-state index in [2.05, 4.69) is 0 Å². The number of rotatable bonds is 3. The van der Waals surface area contributed by atoms with Crippen LogP contribution in [0.4, 0.5) is 0 Å². The third-order valence-corrected chi connectivity index (χ3v) is 3.02. The van der Waals surface area contributed by atoms with Gasteiger partial charge < -0.3 is 14.1 Å². The van der Waals surface area contributed by atoms with E-state index in [0.29, 0.717) is 12.1 Å². The third-order valence-electron chi connectivity index (χ3n) is 3.02. The maximum absolute atomic E-state index is 11.0. The van der Waals surface area contributed by atoms with E-state index in [9.17, 15) is 9.59 Å². The summed E-state index contributed by atoms with van der Waals surface area (Å²) in [4.78, 5) is 21.9. The summed E-state index contributed by atoms with van der Waals surface area (Å²) in [5, 5.41) is 9.64. The zero-order chi connectivity index (χ0) is 14.1. The number of carboxylic acids is 1. The minimum Gasteiger partial charge on any atom is -0.475 e. The molecule has 0 saturated heterocycles. The van der Waals surface area contributed by atoms with Crippen LogP contribution < -0.4 is 5.43 Å². The number of carboxylic acid groups (broad SMARTS) is 1. The first-order chi connectivity index (χ1) is 9.61. The van der Waals surface area contributed by atoms with Gasteiger partial charge in [0.1, 0.15) is 5.58 Å². The van der Waals surface area contributed by atoms with Gasteiger partial charge in [0.05, 0.1) is 0 Å². The Hall–Kier alpha value is -2.82. The van der Waals surface area contributed by atoms with Gasteiger partial charge in [0.2, 0.25) is 5.76 Å². The van der Waals surface area contributed by atoms with Crippen molar-refractivity contribution in [3.63, 3.8) is 0 Å². The van der Waals surface area contributed by atoms with Gasteiger partial charge in [0, 0.05) is 36.5 Å². The molecule has 5 heteroatoms. The fourth-order valence-corrected chi connectivity index (χ4v) is 2.06.